The Balaban J connectivity index is 1.71. The molecule has 0 aliphatic rings. The van der Waals surface area contributed by atoms with Crippen LogP contribution in [0.25, 0.3) is 4.96 Å². The summed E-state index contributed by atoms with van der Waals surface area (Å²) in [6.07, 6.45) is 3.16. The molecule has 5 nitrogen and oxygen atoms in total. The normalized spacial score (nSPS) is 11.6. The van der Waals surface area contributed by atoms with Crippen LogP contribution in [0, 0.1) is 13.8 Å². The van der Waals surface area contributed by atoms with Gasteiger partial charge < -0.3 is 14.8 Å². The van der Waals surface area contributed by atoms with Gasteiger partial charge in [0, 0.05) is 31.3 Å². The highest BCUT2D eigenvalue weighted by Crippen LogP contribution is 2.20. The summed E-state index contributed by atoms with van der Waals surface area (Å²) < 4.78 is 12.5. The first kappa shape index (κ1) is 15.4. The molecule has 2 aromatic heterocycles. The molecule has 0 aliphatic carbocycles. The van der Waals surface area contributed by atoms with Gasteiger partial charge in [0.15, 0.2) is 4.96 Å². The van der Waals surface area contributed by atoms with E-state index in [1.54, 1.807) is 18.4 Å². The fourth-order valence-corrected chi connectivity index (χ4v) is 2.96. The van der Waals surface area contributed by atoms with E-state index >= 15 is 0 Å². The van der Waals surface area contributed by atoms with Crippen LogP contribution in [-0.2, 0) is 16.0 Å². The van der Waals surface area contributed by atoms with Crippen molar-refractivity contribution >= 4 is 16.3 Å². The molecule has 0 saturated carbocycles. The van der Waals surface area contributed by atoms with Gasteiger partial charge in [-0.15, -0.1) is 11.3 Å². The van der Waals surface area contributed by atoms with Crippen molar-refractivity contribution in [3.05, 3.63) is 22.5 Å². The number of imidazole rings is 1. The molecule has 2 aromatic rings. The van der Waals surface area contributed by atoms with Crippen LogP contribution in [0.2, 0.25) is 0 Å². The van der Waals surface area contributed by atoms with Crippen molar-refractivity contribution in [3.63, 3.8) is 0 Å². The third-order valence-corrected chi connectivity index (χ3v) is 4.01. The topological polar surface area (TPSA) is 47.8 Å². The standard InChI is InChI=1S/C14H23N3O2S/c1-11-10-17-13(12(2)16-14(17)20-11)9-15-5-4-6-19-8-7-18-3/h10,15H,4-9H2,1-3H3. The molecule has 0 aliphatic heterocycles. The Morgan fingerprint density at radius 1 is 1.30 bits per heavy atom. The van der Waals surface area contributed by atoms with Gasteiger partial charge in [0.2, 0.25) is 0 Å². The smallest absolute Gasteiger partial charge is 0.194 e. The van der Waals surface area contributed by atoms with Crippen LogP contribution in [0.1, 0.15) is 22.7 Å². The molecule has 20 heavy (non-hydrogen) atoms. The van der Waals surface area contributed by atoms with Crippen LogP contribution in [0.15, 0.2) is 6.20 Å². The molecule has 0 fully saturated rings. The van der Waals surface area contributed by atoms with E-state index in [9.17, 15) is 0 Å². The Morgan fingerprint density at radius 3 is 2.95 bits per heavy atom. The number of nitrogens with zero attached hydrogens (tertiary/aromatic N) is 2. The van der Waals surface area contributed by atoms with Crippen LogP contribution in [0.3, 0.4) is 0 Å². The zero-order chi connectivity index (χ0) is 14.4. The first-order chi connectivity index (χ1) is 9.72. The Kier molecular flexibility index (Phi) is 5.97. The largest absolute Gasteiger partial charge is 0.382 e. The maximum atomic E-state index is 5.43. The summed E-state index contributed by atoms with van der Waals surface area (Å²) in [5, 5.41) is 3.45. The molecule has 0 aromatic carbocycles. The molecule has 0 radical (unpaired) electrons. The zero-order valence-corrected chi connectivity index (χ0v) is 13.3. The number of methoxy groups -OCH3 is 1. The molecule has 0 amide bonds. The van der Waals surface area contributed by atoms with Gasteiger partial charge in [-0.2, -0.15) is 0 Å². The maximum Gasteiger partial charge on any atom is 0.194 e. The summed E-state index contributed by atoms with van der Waals surface area (Å²) in [7, 11) is 1.69. The van der Waals surface area contributed by atoms with Crippen LogP contribution in [0.4, 0.5) is 0 Å². The number of aromatic nitrogens is 2. The fraction of sp³-hybridized carbons (Fsp3) is 0.643. The summed E-state index contributed by atoms with van der Waals surface area (Å²) in [5.41, 5.74) is 2.37. The van der Waals surface area contributed by atoms with Crippen molar-refractivity contribution in [3.8, 4) is 0 Å². The molecule has 0 spiro atoms. The summed E-state index contributed by atoms with van der Waals surface area (Å²) >= 11 is 1.73. The summed E-state index contributed by atoms with van der Waals surface area (Å²) in [6, 6.07) is 0. The molecular weight excluding hydrogens is 274 g/mol. The monoisotopic (exact) mass is 297 g/mol. The van der Waals surface area contributed by atoms with Gasteiger partial charge >= 0.3 is 0 Å². The average molecular weight is 297 g/mol. The van der Waals surface area contributed by atoms with E-state index in [-0.39, 0.29) is 0 Å². The van der Waals surface area contributed by atoms with Gasteiger partial charge in [0.05, 0.1) is 24.6 Å². The lowest BCUT2D eigenvalue weighted by Gasteiger charge is -2.06. The first-order valence-corrected chi connectivity index (χ1v) is 7.75. The summed E-state index contributed by atoms with van der Waals surface area (Å²) in [6.45, 7) is 8.09. The number of aryl methyl sites for hydroxylation is 2. The number of ether oxygens (including phenoxy) is 2. The second kappa shape index (κ2) is 7.73. The van der Waals surface area contributed by atoms with Crippen molar-refractivity contribution in [1.29, 1.82) is 0 Å². The highest BCUT2D eigenvalue weighted by Gasteiger charge is 2.10. The van der Waals surface area contributed by atoms with Crippen LogP contribution in [-0.4, -0.2) is 42.9 Å². The van der Waals surface area contributed by atoms with E-state index in [4.69, 9.17) is 9.47 Å². The lowest BCUT2D eigenvalue weighted by atomic mass is 10.3. The van der Waals surface area contributed by atoms with Crippen molar-refractivity contribution in [1.82, 2.24) is 14.7 Å². The number of thiazole rings is 1. The molecule has 0 unspecified atom stereocenters. The predicted molar refractivity (Wildman–Crippen MR) is 81.6 cm³/mol. The number of hydrogen-bond acceptors (Lipinski definition) is 5. The molecule has 0 bridgehead atoms. The Hall–Kier alpha value is -0.950. The zero-order valence-electron chi connectivity index (χ0n) is 12.4. The van der Waals surface area contributed by atoms with Gasteiger partial charge in [-0.05, 0) is 26.8 Å². The van der Waals surface area contributed by atoms with E-state index in [0.29, 0.717) is 13.2 Å². The molecule has 2 heterocycles. The molecular formula is C14H23N3O2S. The molecule has 112 valence electrons. The molecule has 0 atom stereocenters. The maximum absolute atomic E-state index is 5.43. The van der Waals surface area contributed by atoms with E-state index in [1.165, 1.54) is 10.6 Å². The third-order valence-electron chi connectivity index (χ3n) is 3.11. The average Bonchev–Trinajstić information content (AvgIpc) is 2.89. The molecule has 2 rings (SSSR count). The van der Waals surface area contributed by atoms with Crippen LogP contribution in [0.5, 0.6) is 0 Å². The van der Waals surface area contributed by atoms with Gasteiger partial charge in [-0.25, -0.2) is 4.98 Å². The second-order valence-electron chi connectivity index (χ2n) is 4.77. The minimum atomic E-state index is 0.665. The van der Waals surface area contributed by atoms with Crippen LogP contribution >= 0.6 is 11.3 Å². The SMILES string of the molecule is COCCOCCCNCc1c(C)nc2sc(C)cn12. The van der Waals surface area contributed by atoms with E-state index in [0.717, 1.165) is 36.8 Å². The Bertz CT molecular complexity index is 536. The van der Waals surface area contributed by atoms with E-state index in [2.05, 4.69) is 34.7 Å². The Morgan fingerprint density at radius 2 is 2.15 bits per heavy atom. The van der Waals surface area contributed by atoms with Crippen molar-refractivity contribution < 1.29 is 9.47 Å². The van der Waals surface area contributed by atoms with E-state index < -0.39 is 0 Å². The summed E-state index contributed by atoms with van der Waals surface area (Å²) in [4.78, 5) is 6.96. The highest BCUT2D eigenvalue weighted by atomic mass is 32.1. The molecule has 1 N–H and O–H groups in total. The quantitative estimate of drug-likeness (QED) is 0.721. The van der Waals surface area contributed by atoms with Crippen molar-refractivity contribution in [2.75, 3.05) is 33.5 Å². The predicted octanol–water partition coefficient (Wildman–Crippen LogP) is 2.16. The second-order valence-corrected chi connectivity index (χ2v) is 5.99. The van der Waals surface area contributed by atoms with Crippen LogP contribution < -0.4 is 5.32 Å². The minimum absolute atomic E-state index is 0.665. The number of nitrogens with one attached hydrogen (secondary N) is 1. The molecule has 6 heteroatoms. The first-order valence-electron chi connectivity index (χ1n) is 6.93. The number of hydrogen-bond donors (Lipinski definition) is 1. The van der Waals surface area contributed by atoms with Crippen molar-refractivity contribution in [2.45, 2.75) is 26.8 Å². The lowest BCUT2D eigenvalue weighted by molar-refractivity contribution is 0.0694. The lowest BCUT2D eigenvalue weighted by Crippen LogP contribution is -2.18. The van der Waals surface area contributed by atoms with Gasteiger partial charge in [0.25, 0.3) is 0 Å². The number of rotatable bonds is 9. The summed E-state index contributed by atoms with van der Waals surface area (Å²) in [5.74, 6) is 0. The molecule has 0 saturated heterocycles. The fourth-order valence-electron chi connectivity index (χ4n) is 2.07. The highest BCUT2D eigenvalue weighted by molar-refractivity contribution is 7.17. The van der Waals surface area contributed by atoms with Gasteiger partial charge in [0.1, 0.15) is 0 Å². The van der Waals surface area contributed by atoms with Crippen molar-refractivity contribution in [2.24, 2.45) is 0 Å². The number of fused-ring (bicyclic) bond motifs is 1. The Labute approximate surface area is 123 Å². The van der Waals surface area contributed by atoms with Gasteiger partial charge in [-0.1, -0.05) is 0 Å². The van der Waals surface area contributed by atoms with Gasteiger partial charge in [-0.3, -0.25) is 4.40 Å². The minimum Gasteiger partial charge on any atom is -0.382 e. The van der Waals surface area contributed by atoms with E-state index in [1.807, 2.05) is 0 Å². The third kappa shape index (κ3) is 4.02.